The minimum absolute atomic E-state index is 0.0837. The molecule has 0 aromatic carbocycles. The lowest BCUT2D eigenvalue weighted by Gasteiger charge is -2.40. The van der Waals surface area contributed by atoms with Crippen LogP contribution in [0.25, 0.3) is 0 Å². The summed E-state index contributed by atoms with van der Waals surface area (Å²) in [4.78, 5) is 25.4. The molecular weight excluding hydrogens is 696 g/mol. The number of aliphatic hydroxyl groups is 4. The van der Waals surface area contributed by atoms with E-state index in [0.29, 0.717) is 12.8 Å². The van der Waals surface area contributed by atoms with E-state index in [1.54, 1.807) is 0 Å². The third kappa shape index (κ3) is 28.7. The topological polar surface area (TPSA) is 143 Å². The molecule has 326 valence electrons. The van der Waals surface area contributed by atoms with Gasteiger partial charge < -0.3 is 34.6 Å². The fourth-order valence-electron chi connectivity index (χ4n) is 7.73. The summed E-state index contributed by atoms with van der Waals surface area (Å²) in [5.74, 6) is -0.655. The van der Waals surface area contributed by atoms with Crippen LogP contribution in [-0.4, -0.2) is 82.2 Å². The highest BCUT2D eigenvalue weighted by Crippen LogP contribution is 2.25. The highest BCUT2D eigenvalue weighted by atomic mass is 16.6. The molecule has 1 fully saturated rings. The first-order valence-corrected chi connectivity index (χ1v) is 23.5. The summed E-state index contributed by atoms with van der Waals surface area (Å²) < 4.78 is 17.0. The number of rotatable bonds is 39. The van der Waals surface area contributed by atoms with Crippen LogP contribution < -0.4 is 0 Å². The molecule has 1 aliphatic rings. The summed E-state index contributed by atoms with van der Waals surface area (Å²) in [6.45, 7) is 3.93. The monoisotopic (exact) mass is 785 g/mol. The van der Waals surface area contributed by atoms with Crippen molar-refractivity contribution >= 4 is 11.9 Å². The van der Waals surface area contributed by atoms with Crippen molar-refractivity contribution in [1.29, 1.82) is 0 Å². The van der Waals surface area contributed by atoms with E-state index in [2.05, 4.69) is 13.8 Å². The summed E-state index contributed by atoms with van der Waals surface area (Å²) in [6, 6.07) is 0. The third-order valence-electron chi connectivity index (χ3n) is 11.5. The van der Waals surface area contributed by atoms with E-state index < -0.39 is 43.2 Å². The average molecular weight is 785 g/mol. The Balaban J connectivity index is 2.30. The summed E-state index contributed by atoms with van der Waals surface area (Å²) in [6.07, 6.45) is 31.8. The first-order valence-electron chi connectivity index (χ1n) is 23.5. The summed E-state index contributed by atoms with van der Waals surface area (Å²) >= 11 is 0. The molecule has 0 aromatic heterocycles. The third-order valence-corrected chi connectivity index (χ3v) is 11.5. The Morgan fingerprint density at radius 2 is 0.836 bits per heavy atom. The van der Waals surface area contributed by atoms with Gasteiger partial charge in [-0.15, -0.1) is 0 Å². The molecule has 0 bridgehead atoms. The van der Waals surface area contributed by atoms with Gasteiger partial charge >= 0.3 is 11.9 Å². The molecule has 0 radical (unpaired) electrons. The van der Waals surface area contributed by atoms with Gasteiger partial charge in [0.2, 0.25) is 0 Å². The van der Waals surface area contributed by atoms with Crippen LogP contribution in [0.1, 0.15) is 232 Å². The van der Waals surface area contributed by atoms with Crippen molar-refractivity contribution < 1.29 is 44.2 Å². The number of esters is 2. The maximum absolute atomic E-state index is 12.8. The Labute approximate surface area is 337 Å². The molecular formula is C46H88O9. The highest BCUT2D eigenvalue weighted by Gasteiger charge is 2.43. The molecule has 0 aliphatic carbocycles. The number of unbranched alkanes of at least 4 members (excludes halogenated alkanes) is 28. The van der Waals surface area contributed by atoms with Gasteiger partial charge in [0.1, 0.15) is 37.1 Å². The SMILES string of the molecule is CCCCCCCCCCCCCCCCCC(=O)OC[C@H](CC[C@@H]1O[C@H](CO)[C@H](O)[C@H](O)[C@H]1O)OC(=O)CCCCCCCCCCCCCCCCC. The molecule has 4 N–H and O–H groups in total. The van der Waals surface area contributed by atoms with Gasteiger partial charge in [-0.3, -0.25) is 9.59 Å². The highest BCUT2D eigenvalue weighted by molar-refractivity contribution is 5.70. The Hall–Kier alpha value is -1.26. The second kappa shape index (κ2) is 37.0. The number of aliphatic hydroxyl groups excluding tert-OH is 4. The van der Waals surface area contributed by atoms with Crippen LogP contribution in [0.4, 0.5) is 0 Å². The molecule has 0 spiro atoms. The van der Waals surface area contributed by atoms with Gasteiger partial charge in [-0.1, -0.05) is 194 Å². The Morgan fingerprint density at radius 1 is 0.491 bits per heavy atom. The molecule has 6 atom stereocenters. The molecule has 9 nitrogen and oxygen atoms in total. The molecule has 0 unspecified atom stereocenters. The van der Waals surface area contributed by atoms with E-state index in [1.807, 2.05) is 0 Å². The first kappa shape index (κ1) is 51.8. The molecule has 9 heteroatoms. The molecule has 0 aromatic rings. The lowest BCUT2D eigenvalue weighted by atomic mass is 9.92. The maximum atomic E-state index is 12.8. The Kier molecular flexibility index (Phi) is 34.9. The van der Waals surface area contributed by atoms with Gasteiger partial charge in [-0.25, -0.2) is 0 Å². The van der Waals surface area contributed by atoms with Crippen molar-refractivity contribution in [3.63, 3.8) is 0 Å². The fraction of sp³-hybridized carbons (Fsp3) is 0.957. The molecule has 0 saturated carbocycles. The van der Waals surface area contributed by atoms with Gasteiger partial charge in [0.25, 0.3) is 0 Å². The summed E-state index contributed by atoms with van der Waals surface area (Å²) in [5.41, 5.74) is 0. The van der Waals surface area contributed by atoms with Gasteiger partial charge in [-0.05, 0) is 25.7 Å². The smallest absolute Gasteiger partial charge is 0.306 e. The summed E-state index contributed by atoms with van der Waals surface area (Å²) in [5, 5.41) is 40.4. The van der Waals surface area contributed by atoms with Crippen molar-refractivity contribution in [2.24, 2.45) is 0 Å². The maximum Gasteiger partial charge on any atom is 0.306 e. The van der Waals surface area contributed by atoms with Crippen molar-refractivity contribution in [2.45, 2.75) is 269 Å². The lowest BCUT2D eigenvalue weighted by Crippen LogP contribution is -2.58. The second-order valence-electron chi connectivity index (χ2n) is 16.6. The van der Waals surface area contributed by atoms with Gasteiger partial charge in [0.05, 0.1) is 12.7 Å². The molecule has 1 rings (SSSR count). The minimum Gasteiger partial charge on any atom is -0.462 e. The van der Waals surface area contributed by atoms with Crippen molar-refractivity contribution in [3.8, 4) is 0 Å². The van der Waals surface area contributed by atoms with Crippen molar-refractivity contribution in [1.82, 2.24) is 0 Å². The van der Waals surface area contributed by atoms with E-state index in [0.717, 1.165) is 38.5 Å². The van der Waals surface area contributed by atoms with E-state index in [4.69, 9.17) is 14.2 Å². The van der Waals surface area contributed by atoms with Crippen LogP contribution in [0.5, 0.6) is 0 Å². The predicted octanol–water partition coefficient (Wildman–Crippen LogP) is 10.6. The van der Waals surface area contributed by atoms with E-state index in [1.165, 1.54) is 154 Å². The number of carbonyl (C=O) groups is 2. The van der Waals surface area contributed by atoms with Gasteiger partial charge in [-0.2, -0.15) is 0 Å². The van der Waals surface area contributed by atoms with Crippen molar-refractivity contribution in [3.05, 3.63) is 0 Å². The fourth-order valence-corrected chi connectivity index (χ4v) is 7.73. The van der Waals surface area contributed by atoms with E-state index in [9.17, 15) is 30.0 Å². The zero-order chi connectivity index (χ0) is 40.2. The predicted molar refractivity (Wildman–Crippen MR) is 223 cm³/mol. The van der Waals surface area contributed by atoms with Crippen LogP contribution in [0.15, 0.2) is 0 Å². The molecule has 1 heterocycles. The standard InChI is InChI=1S/C46H88O9/c1-3-5-7-9-11-13-15-17-19-21-23-25-27-29-31-33-42(48)53-38-39(35-36-40-44(50)46(52)45(51)41(37-47)55-40)54-43(49)34-32-30-28-26-24-22-20-18-16-14-12-10-8-6-4-2/h39-41,44-47,50-52H,3-38H2,1-2H3/t39-,40-,41+,44-,45-,46+/m0/s1. The largest absolute Gasteiger partial charge is 0.462 e. The Morgan fingerprint density at radius 3 is 1.22 bits per heavy atom. The number of carbonyl (C=O) groups excluding carboxylic acids is 2. The van der Waals surface area contributed by atoms with Crippen LogP contribution in [0.2, 0.25) is 0 Å². The number of hydrogen-bond donors (Lipinski definition) is 4. The molecule has 1 aliphatic heterocycles. The minimum atomic E-state index is -1.46. The molecule has 55 heavy (non-hydrogen) atoms. The van der Waals surface area contributed by atoms with Gasteiger partial charge in [0, 0.05) is 12.8 Å². The van der Waals surface area contributed by atoms with Crippen LogP contribution >= 0.6 is 0 Å². The van der Waals surface area contributed by atoms with Crippen LogP contribution in [0.3, 0.4) is 0 Å². The van der Waals surface area contributed by atoms with Crippen LogP contribution in [0, 0.1) is 0 Å². The van der Waals surface area contributed by atoms with Crippen molar-refractivity contribution in [2.75, 3.05) is 13.2 Å². The Bertz CT molecular complexity index is 868. The second-order valence-corrected chi connectivity index (χ2v) is 16.6. The normalized spacial score (nSPS) is 20.4. The van der Waals surface area contributed by atoms with E-state index in [-0.39, 0.29) is 31.4 Å². The lowest BCUT2D eigenvalue weighted by molar-refractivity contribution is -0.231. The quantitative estimate of drug-likeness (QED) is 0.0354. The van der Waals surface area contributed by atoms with E-state index >= 15 is 0 Å². The zero-order valence-corrected chi connectivity index (χ0v) is 35.8. The zero-order valence-electron chi connectivity index (χ0n) is 35.8. The van der Waals surface area contributed by atoms with Gasteiger partial charge in [0.15, 0.2) is 0 Å². The number of hydrogen-bond acceptors (Lipinski definition) is 9. The summed E-state index contributed by atoms with van der Waals surface area (Å²) in [7, 11) is 0. The molecule has 1 saturated heterocycles. The average Bonchev–Trinajstić information content (AvgIpc) is 3.18. The number of ether oxygens (including phenoxy) is 3. The van der Waals surface area contributed by atoms with Crippen LogP contribution in [-0.2, 0) is 23.8 Å². The first-order chi connectivity index (χ1) is 26.8. The molecule has 0 amide bonds.